The van der Waals surface area contributed by atoms with E-state index in [1.54, 1.807) is 0 Å². The molecule has 0 bridgehead atoms. The summed E-state index contributed by atoms with van der Waals surface area (Å²) in [7, 11) is 0. The van der Waals surface area contributed by atoms with Crippen molar-refractivity contribution in [3.63, 3.8) is 0 Å². The molecule has 0 spiro atoms. The van der Waals surface area contributed by atoms with Gasteiger partial charge in [-0.3, -0.25) is 0 Å². The molecule has 0 aliphatic rings. The zero-order valence-electron chi connectivity index (χ0n) is 8.69. The van der Waals surface area contributed by atoms with Crippen LogP contribution in [0.5, 0.6) is 0 Å². The molecule has 80 valence electrons. The van der Waals surface area contributed by atoms with Gasteiger partial charge in [0.15, 0.2) is 6.23 Å². The molecule has 3 nitrogen and oxygen atoms in total. The molecule has 0 aliphatic heterocycles. The van der Waals surface area contributed by atoms with Crippen LogP contribution in [0.2, 0.25) is 0 Å². The van der Waals surface area contributed by atoms with E-state index in [4.69, 9.17) is 0 Å². The lowest BCUT2D eigenvalue weighted by molar-refractivity contribution is 0.180. The first kappa shape index (κ1) is 10.5. The minimum atomic E-state index is -0.901. The van der Waals surface area contributed by atoms with Crippen molar-refractivity contribution in [1.82, 2.24) is 0 Å². The lowest BCUT2D eigenvalue weighted by atomic mass is 10.2. The predicted octanol–water partition coefficient (Wildman–Crippen LogP) is 3.46. The molecule has 0 amide bonds. The first-order chi connectivity index (χ1) is 7.86. The number of azo groups is 1. The Hall–Kier alpha value is -2.00. The summed E-state index contributed by atoms with van der Waals surface area (Å²) in [6.45, 7) is 0. The maximum atomic E-state index is 9.72. The van der Waals surface area contributed by atoms with Crippen molar-refractivity contribution in [2.45, 2.75) is 6.23 Å². The normalized spacial score (nSPS) is 12.8. The van der Waals surface area contributed by atoms with Gasteiger partial charge >= 0.3 is 0 Å². The molecule has 0 heterocycles. The molecule has 1 unspecified atom stereocenters. The number of hydrogen-bond donors (Lipinski definition) is 1. The second kappa shape index (κ2) is 5.19. The van der Waals surface area contributed by atoms with E-state index in [0.29, 0.717) is 0 Å². The highest BCUT2D eigenvalue weighted by Crippen LogP contribution is 2.17. The largest absolute Gasteiger partial charge is 0.366 e. The van der Waals surface area contributed by atoms with Crippen molar-refractivity contribution in [3.05, 3.63) is 66.2 Å². The van der Waals surface area contributed by atoms with Crippen LogP contribution in [-0.2, 0) is 0 Å². The van der Waals surface area contributed by atoms with E-state index in [-0.39, 0.29) is 0 Å². The zero-order valence-corrected chi connectivity index (χ0v) is 8.69. The molecule has 0 aromatic heterocycles. The van der Waals surface area contributed by atoms with E-state index in [2.05, 4.69) is 10.2 Å². The Balaban J connectivity index is 2.08. The fourth-order valence-corrected chi connectivity index (χ4v) is 1.31. The smallest absolute Gasteiger partial charge is 0.192 e. The van der Waals surface area contributed by atoms with Crippen LogP contribution >= 0.6 is 0 Å². The summed E-state index contributed by atoms with van der Waals surface area (Å²) >= 11 is 0. The lowest BCUT2D eigenvalue weighted by Gasteiger charge is -2.02. The zero-order chi connectivity index (χ0) is 11.2. The number of aliphatic hydroxyl groups excluding tert-OH is 1. The summed E-state index contributed by atoms with van der Waals surface area (Å²) in [5.41, 5.74) is 1.47. The van der Waals surface area contributed by atoms with Gasteiger partial charge in [-0.25, -0.2) is 0 Å². The van der Waals surface area contributed by atoms with Crippen LogP contribution in [0.15, 0.2) is 70.9 Å². The third-order valence-electron chi connectivity index (χ3n) is 2.14. The van der Waals surface area contributed by atoms with Gasteiger partial charge in [-0.1, -0.05) is 48.5 Å². The van der Waals surface area contributed by atoms with Crippen molar-refractivity contribution in [3.8, 4) is 0 Å². The van der Waals surface area contributed by atoms with Gasteiger partial charge in [0.05, 0.1) is 5.69 Å². The van der Waals surface area contributed by atoms with Crippen LogP contribution in [0.1, 0.15) is 11.8 Å². The SMILES string of the molecule is OC(N=Nc1ccccc1)c1ccccc1. The second-order valence-electron chi connectivity index (χ2n) is 3.34. The highest BCUT2D eigenvalue weighted by atomic mass is 16.3. The van der Waals surface area contributed by atoms with Crippen LogP contribution in [0.25, 0.3) is 0 Å². The number of nitrogens with zero attached hydrogens (tertiary/aromatic N) is 2. The molecule has 1 atom stereocenters. The van der Waals surface area contributed by atoms with Gasteiger partial charge in [0.25, 0.3) is 0 Å². The Bertz CT molecular complexity index is 454. The van der Waals surface area contributed by atoms with Crippen molar-refractivity contribution in [2.24, 2.45) is 10.2 Å². The Labute approximate surface area is 94.1 Å². The monoisotopic (exact) mass is 212 g/mol. The molecule has 2 aromatic carbocycles. The molecule has 2 rings (SSSR count). The molecular formula is C13H12N2O. The third kappa shape index (κ3) is 2.74. The van der Waals surface area contributed by atoms with Crippen molar-refractivity contribution in [1.29, 1.82) is 0 Å². The first-order valence-electron chi connectivity index (χ1n) is 5.05. The molecule has 0 aliphatic carbocycles. The summed E-state index contributed by atoms with van der Waals surface area (Å²) in [5.74, 6) is 0. The Morgan fingerprint density at radius 3 is 2.00 bits per heavy atom. The summed E-state index contributed by atoms with van der Waals surface area (Å²) < 4.78 is 0. The average molecular weight is 212 g/mol. The van der Waals surface area contributed by atoms with Gasteiger partial charge in [-0.2, -0.15) is 10.2 Å². The summed E-state index contributed by atoms with van der Waals surface area (Å²) in [6, 6.07) is 18.6. The molecule has 3 heteroatoms. The van der Waals surface area contributed by atoms with Crippen molar-refractivity contribution in [2.75, 3.05) is 0 Å². The quantitative estimate of drug-likeness (QED) is 0.778. The van der Waals surface area contributed by atoms with Gasteiger partial charge in [0.1, 0.15) is 0 Å². The first-order valence-corrected chi connectivity index (χ1v) is 5.05. The Kier molecular flexibility index (Phi) is 3.41. The van der Waals surface area contributed by atoms with Gasteiger partial charge in [-0.15, -0.1) is 0 Å². The van der Waals surface area contributed by atoms with Gasteiger partial charge in [0, 0.05) is 5.56 Å². The number of benzene rings is 2. The van der Waals surface area contributed by atoms with E-state index in [1.165, 1.54) is 0 Å². The van der Waals surface area contributed by atoms with E-state index >= 15 is 0 Å². The highest BCUT2D eigenvalue weighted by Gasteiger charge is 2.03. The fraction of sp³-hybridized carbons (Fsp3) is 0.0769. The molecule has 0 radical (unpaired) electrons. The highest BCUT2D eigenvalue weighted by molar-refractivity contribution is 5.34. The van der Waals surface area contributed by atoms with E-state index < -0.39 is 6.23 Å². The number of hydrogen-bond acceptors (Lipinski definition) is 3. The van der Waals surface area contributed by atoms with Crippen LogP contribution in [0.4, 0.5) is 5.69 Å². The van der Waals surface area contributed by atoms with Gasteiger partial charge in [-0.05, 0) is 12.1 Å². The fourth-order valence-electron chi connectivity index (χ4n) is 1.31. The molecule has 16 heavy (non-hydrogen) atoms. The van der Waals surface area contributed by atoms with Crippen LogP contribution in [-0.4, -0.2) is 5.11 Å². The standard InChI is InChI=1S/C13H12N2O/c16-13(11-7-3-1-4-8-11)15-14-12-9-5-2-6-10-12/h1-10,13,16H. The van der Waals surface area contributed by atoms with E-state index in [9.17, 15) is 5.11 Å². The third-order valence-corrected chi connectivity index (χ3v) is 2.14. The van der Waals surface area contributed by atoms with Crippen LogP contribution < -0.4 is 0 Å². The minimum absolute atomic E-state index is 0.734. The second-order valence-corrected chi connectivity index (χ2v) is 3.34. The summed E-state index contributed by atoms with van der Waals surface area (Å²) in [5, 5.41) is 17.5. The Morgan fingerprint density at radius 1 is 0.812 bits per heavy atom. The number of aliphatic hydroxyl groups is 1. The van der Waals surface area contributed by atoms with Crippen molar-refractivity contribution < 1.29 is 5.11 Å². The molecular weight excluding hydrogens is 200 g/mol. The minimum Gasteiger partial charge on any atom is -0.366 e. The maximum absolute atomic E-state index is 9.72. The van der Waals surface area contributed by atoms with Crippen LogP contribution in [0.3, 0.4) is 0 Å². The Morgan fingerprint density at radius 2 is 1.38 bits per heavy atom. The van der Waals surface area contributed by atoms with Crippen LogP contribution in [0, 0.1) is 0 Å². The molecule has 2 aromatic rings. The predicted molar refractivity (Wildman–Crippen MR) is 62.4 cm³/mol. The summed E-state index contributed by atoms with van der Waals surface area (Å²) in [6.07, 6.45) is -0.901. The van der Waals surface area contributed by atoms with E-state index in [1.807, 2.05) is 60.7 Å². The average Bonchev–Trinajstić information content (AvgIpc) is 2.38. The lowest BCUT2D eigenvalue weighted by Crippen LogP contribution is -1.90. The van der Waals surface area contributed by atoms with E-state index in [0.717, 1.165) is 11.3 Å². The van der Waals surface area contributed by atoms with Gasteiger partial charge < -0.3 is 5.11 Å². The molecule has 0 fully saturated rings. The number of rotatable bonds is 3. The molecule has 0 saturated carbocycles. The maximum Gasteiger partial charge on any atom is 0.192 e. The summed E-state index contributed by atoms with van der Waals surface area (Å²) in [4.78, 5) is 0. The van der Waals surface area contributed by atoms with Gasteiger partial charge in [0.2, 0.25) is 0 Å². The van der Waals surface area contributed by atoms with Crippen molar-refractivity contribution >= 4 is 5.69 Å². The topological polar surface area (TPSA) is 45.0 Å². The molecule has 1 N–H and O–H groups in total. The molecule has 0 saturated heterocycles.